The average Bonchev–Trinajstić information content (AvgIpc) is 3.54. The van der Waals surface area contributed by atoms with Crippen LogP contribution in [0.5, 0.6) is 5.75 Å². The van der Waals surface area contributed by atoms with E-state index in [1.807, 2.05) is 56.3 Å². The number of fused-ring (bicyclic) bond motifs is 5. The molecule has 0 bridgehead atoms. The standard InChI is InChI=1S/C52H69NO13/c1-33(2)12-11-15-39(49(58)63-32-37-13-9-8-10-14-37)47-41-30-42(55)48-50(5)25-23-43(34(3)40(50)22-26-51(48,6)52(41,7)31-44(47)65-35(4)54)66-46(57)21-20-45(56)62-27-24-36-16-18-38(19-17-36)61-28-29-64-53(59)60/h8-10,12-14,16-19,34,40-44,48,55H,11,15,20-32H2,1-7H3/b47-39-/t34-,40-,41-,42+,43+,44-,48-,50-,51-,52-/m0/s1. The van der Waals surface area contributed by atoms with E-state index >= 15 is 0 Å². The van der Waals surface area contributed by atoms with Crippen molar-refractivity contribution in [1.29, 1.82) is 0 Å². The van der Waals surface area contributed by atoms with Gasteiger partial charge in [0.2, 0.25) is 0 Å². The molecular formula is C52H69NO13. The molecule has 0 unspecified atom stereocenters. The molecule has 360 valence electrons. The SMILES string of the molecule is CC(=O)O[C@H]1C[C@@]2(C)[C@@H](C[C@@H](O)[C@H]3[C@@]4(C)CC[C@@H](OC(=O)CCC(=O)OCCc5ccc(OCCO[N+](=O)[O-])cc5)[C@@H](C)[C@@H]4CC[C@@]32C)/C1=C(\CCC=C(C)C)C(=O)OCc1ccccc1. The number of ether oxygens (including phenoxy) is 5. The molecule has 4 fully saturated rings. The van der Waals surface area contributed by atoms with Crippen LogP contribution in [0.3, 0.4) is 0 Å². The zero-order valence-electron chi connectivity index (χ0n) is 39.7. The fourth-order valence-corrected chi connectivity index (χ4v) is 12.6. The molecule has 4 aliphatic carbocycles. The number of carbonyl (C=O) groups is 4. The highest BCUT2D eigenvalue weighted by molar-refractivity contribution is 5.90. The Hall–Kier alpha value is -5.24. The summed E-state index contributed by atoms with van der Waals surface area (Å²) in [5.41, 5.74) is 3.19. The van der Waals surface area contributed by atoms with Gasteiger partial charge in [-0.15, -0.1) is 10.1 Å². The number of esters is 4. The van der Waals surface area contributed by atoms with E-state index in [2.05, 4.69) is 38.6 Å². The lowest BCUT2D eigenvalue weighted by atomic mass is 9.36. The van der Waals surface area contributed by atoms with Gasteiger partial charge in [-0.2, -0.15) is 0 Å². The van der Waals surface area contributed by atoms with E-state index in [1.165, 1.54) is 6.92 Å². The minimum Gasteiger partial charge on any atom is -0.492 e. The number of nitrogens with zero attached hydrogens (tertiary/aromatic N) is 1. The molecule has 0 aromatic heterocycles. The van der Waals surface area contributed by atoms with Crippen LogP contribution < -0.4 is 4.74 Å². The van der Waals surface area contributed by atoms with Crippen LogP contribution >= 0.6 is 0 Å². The molecule has 0 aliphatic heterocycles. The number of hydrogen-bond donors (Lipinski definition) is 1. The van der Waals surface area contributed by atoms with Crippen molar-refractivity contribution in [3.8, 4) is 5.75 Å². The molecule has 66 heavy (non-hydrogen) atoms. The Bertz CT molecular complexity index is 2110. The first-order chi connectivity index (χ1) is 31.4. The highest BCUT2D eigenvalue weighted by atomic mass is 17.0. The third-order valence-corrected chi connectivity index (χ3v) is 15.7. The van der Waals surface area contributed by atoms with E-state index in [4.69, 9.17) is 23.7 Å². The summed E-state index contributed by atoms with van der Waals surface area (Å²) in [7, 11) is 0. The Balaban J connectivity index is 1.09. The molecule has 2 aromatic carbocycles. The summed E-state index contributed by atoms with van der Waals surface area (Å²) in [6, 6.07) is 16.6. The molecule has 4 saturated carbocycles. The third-order valence-electron chi connectivity index (χ3n) is 15.7. The summed E-state index contributed by atoms with van der Waals surface area (Å²) in [5.74, 6) is -1.35. The van der Waals surface area contributed by atoms with Crippen LogP contribution in [-0.2, 0) is 56.0 Å². The molecule has 0 amide bonds. The molecule has 6 rings (SSSR count). The molecule has 4 aliphatic rings. The number of hydrogen-bond acceptors (Lipinski definition) is 13. The van der Waals surface area contributed by atoms with Crippen LogP contribution in [0, 0.1) is 50.0 Å². The molecule has 2 aromatic rings. The maximum atomic E-state index is 14.3. The van der Waals surface area contributed by atoms with Crippen LogP contribution in [0.2, 0.25) is 0 Å². The summed E-state index contributed by atoms with van der Waals surface area (Å²) in [6.07, 6.45) is 5.80. The van der Waals surface area contributed by atoms with Gasteiger partial charge in [-0.1, -0.05) is 81.8 Å². The molecule has 1 N–H and O–H groups in total. The molecule has 0 heterocycles. The second kappa shape index (κ2) is 21.6. The van der Waals surface area contributed by atoms with Crippen molar-refractivity contribution >= 4 is 23.9 Å². The van der Waals surface area contributed by atoms with E-state index < -0.39 is 46.6 Å². The summed E-state index contributed by atoms with van der Waals surface area (Å²) in [6.45, 7) is 14.6. The number of benzene rings is 2. The Kier molecular flexibility index (Phi) is 16.4. The lowest BCUT2D eigenvalue weighted by molar-refractivity contribution is -0.757. The van der Waals surface area contributed by atoms with Gasteiger partial charge in [0.25, 0.3) is 5.09 Å². The number of rotatable bonds is 19. The zero-order valence-corrected chi connectivity index (χ0v) is 39.7. The molecule has 0 saturated heterocycles. The van der Waals surface area contributed by atoms with E-state index in [0.717, 1.165) is 41.5 Å². The Labute approximate surface area is 388 Å². The van der Waals surface area contributed by atoms with Crippen LogP contribution in [0.1, 0.15) is 124 Å². The van der Waals surface area contributed by atoms with Crippen molar-refractivity contribution in [3.63, 3.8) is 0 Å². The Morgan fingerprint density at radius 1 is 0.833 bits per heavy atom. The van der Waals surface area contributed by atoms with Crippen molar-refractivity contribution in [2.75, 3.05) is 19.8 Å². The number of aliphatic hydroxyl groups is 1. The third kappa shape index (κ3) is 11.3. The number of aliphatic hydroxyl groups excluding tert-OH is 1. The topological polar surface area (TPSA) is 187 Å². The minimum absolute atomic E-state index is 0.0157. The first-order valence-electron chi connectivity index (χ1n) is 23.6. The normalized spacial score (nSPS) is 30.6. The molecular weight excluding hydrogens is 847 g/mol. The molecule has 14 nitrogen and oxygen atoms in total. The maximum Gasteiger partial charge on any atom is 0.334 e. The predicted octanol–water partition coefficient (Wildman–Crippen LogP) is 9.03. The van der Waals surface area contributed by atoms with Gasteiger partial charge >= 0.3 is 23.9 Å². The highest BCUT2D eigenvalue weighted by Crippen LogP contribution is 2.74. The van der Waals surface area contributed by atoms with Crippen molar-refractivity contribution in [2.24, 2.45) is 39.9 Å². The smallest absolute Gasteiger partial charge is 0.334 e. The van der Waals surface area contributed by atoms with E-state index in [9.17, 15) is 34.4 Å². The molecule has 14 heteroatoms. The lowest BCUT2D eigenvalue weighted by Gasteiger charge is -2.69. The van der Waals surface area contributed by atoms with Gasteiger partial charge in [0.1, 0.15) is 37.8 Å². The van der Waals surface area contributed by atoms with E-state index in [-0.39, 0.29) is 79.9 Å². The van der Waals surface area contributed by atoms with Crippen molar-refractivity contribution in [3.05, 3.63) is 98.6 Å². The summed E-state index contributed by atoms with van der Waals surface area (Å²) in [4.78, 5) is 67.4. The van der Waals surface area contributed by atoms with Crippen molar-refractivity contribution < 1.29 is 57.9 Å². The first-order valence-corrected chi connectivity index (χ1v) is 23.6. The van der Waals surface area contributed by atoms with Crippen LogP contribution in [0.15, 0.2) is 77.4 Å². The monoisotopic (exact) mass is 915 g/mol. The second-order valence-corrected chi connectivity index (χ2v) is 19.9. The molecule has 10 atom stereocenters. The van der Waals surface area contributed by atoms with Gasteiger partial charge < -0.3 is 33.6 Å². The van der Waals surface area contributed by atoms with Gasteiger partial charge in [-0.25, -0.2) is 4.79 Å². The van der Waals surface area contributed by atoms with Crippen LogP contribution in [0.25, 0.3) is 0 Å². The summed E-state index contributed by atoms with van der Waals surface area (Å²) >= 11 is 0. The van der Waals surface area contributed by atoms with Gasteiger partial charge in [0.05, 0.1) is 25.6 Å². The predicted molar refractivity (Wildman–Crippen MR) is 244 cm³/mol. The summed E-state index contributed by atoms with van der Waals surface area (Å²) < 4.78 is 29.1. The fourth-order valence-electron chi connectivity index (χ4n) is 12.6. The Morgan fingerprint density at radius 2 is 1.55 bits per heavy atom. The fraction of sp³-hybridized carbons (Fsp3) is 0.615. The van der Waals surface area contributed by atoms with Gasteiger partial charge in [-0.05, 0) is 134 Å². The van der Waals surface area contributed by atoms with Gasteiger partial charge in [0, 0.05) is 18.9 Å². The molecule has 0 spiro atoms. The minimum atomic E-state index is -0.873. The Morgan fingerprint density at radius 3 is 2.23 bits per heavy atom. The first kappa shape index (κ1) is 50.2. The largest absolute Gasteiger partial charge is 0.492 e. The average molecular weight is 916 g/mol. The quantitative estimate of drug-likeness (QED) is 0.0268. The van der Waals surface area contributed by atoms with E-state index in [0.29, 0.717) is 49.8 Å². The summed E-state index contributed by atoms with van der Waals surface area (Å²) in [5, 5.41) is 21.9. The van der Waals surface area contributed by atoms with Crippen molar-refractivity contribution in [2.45, 2.75) is 144 Å². The number of carbonyl (C=O) groups excluding carboxylic acids is 4. The number of allylic oxidation sites excluding steroid dienone is 2. The van der Waals surface area contributed by atoms with Crippen molar-refractivity contribution in [1.82, 2.24) is 0 Å². The van der Waals surface area contributed by atoms with E-state index in [1.54, 1.807) is 12.1 Å². The lowest BCUT2D eigenvalue weighted by Crippen LogP contribution is -2.65. The maximum absolute atomic E-state index is 14.3. The highest BCUT2D eigenvalue weighted by Gasteiger charge is 2.71. The van der Waals surface area contributed by atoms with Gasteiger partial charge in [0.15, 0.2) is 0 Å². The molecule has 0 radical (unpaired) electrons. The zero-order chi connectivity index (χ0) is 47.8. The van der Waals surface area contributed by atoms with Crippen LogP contribution in [-0.4, -0.2) is 72.2 Å². The van der Waals surface area contributed by atoms with Gasteiger partial charge in [-0.3, -0.25) is 14.4 Å². The second-order valence-electron chi connectivity index (χ2n) is 19.9. The van der Waals surface area contributed by atoms with Crippen LogP contribution in [0.4, 0.5) is 0 Å².